The van der Waals surface area contributed by atoms with E-state index in [1.807, 2.05) is 0 Å². The molecule has 3 N–H and O–H groups in total. The van der Waals surface area contributed by atoms with Crippen LogP contribution in [0, 0.1) is 5.92 Å². The number of alkyl halides is 3. The molecule has 1 aromatic carbocycles. The number of nitrogens with one attached hydrogen (secondary N) is 2. The van der Waals surface area contributed by atoms with Crippen LogP contribution >= 0.6 is 11.6 Å². The lowest BCUT2D eigenvalue weighted by Gasteiger charge is -2.14. The minimum Gasteiger partial charge on any atom is -0.391 e. The molecule has 0 spiro atoms. The monoisotopic (exact) mass is 336 g/mol. The molecule has 1 aliphatic heterocycles. The van der Waals surface area contributed by atoms with Crippen LogP contribution in [0.15, 0.2) is 18.2 Å². The van der Waals surface area contributed by atoms with Gasteiger partial charge >= 0.3 is 6.18 Å². The third kappa shape index (κ3) is 4.34. The van der Waals surface area contributed by atoms with Crippen LogP contribution in [0.5, 0.6) is 0 Å². The van der Waals surface area contributed by atoms with E-state index in [1.54, 1.807) is 0 Å². The Labute approximate surface area is 130 Å². The molecular weight excluding hydrogens is 321 g/mol. The summed E-state index contributed by atoms with van der Waals surface area (Å²) >= 11 is 5.81. The molecule has 122 valence electrons. The zero-order valence-electron chi connectivity index (χ0n) is 11.6. The molecule has 2 rings (SSSR count). The highest BCUT2D eigenvalue weighted by Gasteiger charge is 2.31. The van der Waals surface area contributed by atoms with E-state index < -0.39 is 17.8 Å². The predicted octanol–water partition coefficient (Wildman–Crippen LogP) is 1.95. The van der Waals surface area contributed by atoms with Crippen LogP contribution in [0.2, 0.25) is 5.02 Å². The SMILES string of the molecule is O=C(C[C@@H]1CNC[C@H]1O)NCc1ccc(C(F)(F)F)cc1Cl. The van der Waals surface area contributed by atoms with Gasteiger partial charge in [-0.2, -0.15) is 13.2 Å². The molecule has 1 saturated heterocycles. The van der Waals surface area contributed by atoms with E-state index in [9.17, 15) is 23.1 Å². The quantitative estimate of drug-likeness (QED) is 0.787. The van der Waals surface area contributed by atoms with Crippen molar-refractivity contribution < 1.29 is 23.1 Å². The minimum absolute atomic E-state index is 0.0438. The average molecular weight is 337 g/mol. The van der Waals surface area contributed by atoms with Gasteiger partial charge in [0.25, 0.3) is 0 Å². The van der Waals surface area contributed by atoms with E-state index >= 15 is 0 Å². The van der Waals surface area contributed by atoms with Gasteiger partial charge in [0.1, 0.15) is 0 Å². The second-order valence-corrected chi connectivity index (χ2v) is 5.68. The van der Waals surface area contributed by atoms with Crippen molar-refractivity contribution in [1.29, 1.82) is 0 Å². The number of hydrogen-bond acceptors (Lipinski definition) is 3. The number of amides is 1. The van der Waals surface area contributed by atoms with Crippen molar-refractivity contribution in [2.45, 2.75) is 25.2 Å². The molecule has 1 amide bonds. The number of β-amino-alcohol motifs (C(OH)–C–C–N with tert-alkyl or cyclic N) is 1. The molecule has 0 saturated carbocycles. The van der Waals surface area contributed by atoms with Gasteiger partial charge in [-0.25, -0.2) is 0 Å². The first-order chi connectivity index (χ1) is 10.3. The number of hydrogen-bond donors (Lipinski definition) is 3. The minimum atomic E-state index is -4.45. The van der Waals surface area contributed by atoms with Gasteiger partial charge in [-0.05, 0) is 17.7 Å². The van der Waals surface area contributed by atoms with Crippen LogP contribution in [0.1, 0.15) is 17.5 Å². The molecule has 0 radical (unpaired) electrons. The number of carbonyl (C=O) groups excluding carboxylic acids is 1. The molecule has 22 heavy (non-hydrogen) atoms. The Hall–Kier alpha value is -1.31. The molecule has 1 fully saturated rings. The number of rotatable bonds is 4. The van der Waals surface area contributed by atoms with Gasteiger partial charge < -0.3 is 15.7 Å². The van der Waals surface area contributed by atoms with Gasteiger partial charge in [0, 0.05) is 37.0 Å². The Morgan fingerprint density at radius 3 is 2.68 bits per heavy atom. The molecule has 0 aliphatic carbocycles. The summed E-state index contributed by atoms with van der Waals surface area (Å²) in [5, 5.41) is 15.1. The lowest BCUT2D eigenvalue weighted by molar-refractivity contribution is -0.137. The van der Waals surface area contributed by atoms with Gasteiger partial charge in [0.2, 0.25) is 5.91 Å². The first kappa shape index (κ1) is 17.1. The summed E-state index contributed by atoms with van der Waals surface area (Å²) in [7, 11) is 0. The van der Waals surface area contributed by atoms with E-state index in [4.69, 9.17) is 11.6 Å². The molecular formula is C14H16ClF3N2O2. The van der Waals surface area contributed by atoms with Crippen LogP contribution in [0.4, 0.5) is 13.2 Å². The lowest BCUT2D eigenvalue weighted by atomic mass is 10.0. The number of benzene rings is 1. The summed E-state index contributed by atoms with van der Waals surface area (Å²) in [5.41, 5.74) is -0.416. The van der Waals surface area contributed by atoms with Crippen LogP contribution in [0.25, 0.3) is 0 Å². The highest BCUT2D eigenvalue weighted by atomic mass is 35.5. The molecule has 8 heteroatoms. The molecule has 0 unspecified atom stereocenters. The summed E-state index contributed by atoms with van der Waals surface area (Å²) in [5.74, 6) is -0.424. The largest absolute Gasteiger partial charge is 0.416 e. The normalized spacial score (nSPS) is 21.9. The smallest absolute Gasteiger partial charge is 0.391 e. The third-order valence-corrected chi connectivity index (χ3v) is 3.96. The summed E-state index contributed by atoms with van der Waals surface area (Å²) in [6, 6.07) is 3.02. The molecule has 4 nitrogen and oxygen atoms in total. The van der Waals surface area contributed by atoms with Crippen molar-refractivity contribution in [2.24, 2.45) is 5.92 Å². The fourth-order valence-corrected chi connectivity index (χ4v) is 2.55. The molecule has 1 aliphatic rings. The number of halogens is 4. The second kappa shape index (κ2) is 6.85. The standard InChI is InChI=1S/C14H16ClF3N2O2/c15-11-4-10(14(16,17)18)2-1-8(11)6-20-13(22)3-9-5-19-7-12(9)21/h1-2,4,9,12,19,21H,3,5-7H2,(H,20,22)/t9-,12-/m1/s1. The van der Waals surface area contributed by atoms with Crippen molar-refractivity contribution >= 4 is 17.5 Å². The maximum absolute atomic E-state index is 12.5. The number of aliphatic hydroxyl groups is 1. The Kier molecular flexibility index (Phi) is 5.31. The molecule has 1 heterocycles. The van der Waals surface area contributed by atoms with Crippen molar-refractivity contribution in [3.8, 4) is 0 Å². The van der Waals surface area contributed by atoms with Crippen LogP contribution in [0.3, 0.4) is 0 Å². The lowest BCUT2D eigenvalue weighted by Crippen LogP contribution is -2.29. The van der Waals surface area contributed by atoms with Crippen molar-refractivity contribution in [2.75, 3.05) is 13.1 Å². The number of carbonyl (C=O) groups is 1. The van der Waals surface area contributed by atoms with Crippen LogP contribution in [-0.4, -0.2) is 30.2 Å². The first-order valence-electron chi connectivity index (χ1n) is 6.78. The van der Waals surface area contributed by atoms with Crippen molar-refractivity contribution in [3.05, 3.63) is 34.3 Å². The third-order valence-electron chi connectivity index (χ3n) is 3.61. The van der Waals surface area contributed by atoms with E-state index in [0.29, 0.717) is 18.7 Å². The van der Waals surface area contributed by atoms with Crippen molar-refractivity contribution in [3.63, 3.8) is 0 Å². The maximum Gasteiger partial charge on any atom is 0.416 e. The summed E-state index contributed by atoms with van der Waals surface area (Å²) in [6.07, 6.45) is -4.84. The molecule has 2 atom stereocenters. The van der Waals surface area contributed by atoms with Gasteiger partial charge in [-0.15, -0.1) is 0 Å². The van der Waals surface area contributed by atoms with Crippen LogP contribution in [-0.2, 0) is 17.5 Å². The summed E-state index contributed by atoms with van der Waals surface area (Å²) in [6.45, 7) is 1.07. The Morgan fingerprint density at radius 1 is 1.41 bits per heavy atom. The first-order valence-corrected chi connectivity index (χ1v) is 7.16. The van der Waals surface area contributed by atoms with Gasteiger partial charge in [-0.1, -0.05) is 17.7 Å². The number of aliphatic hydroxyl groups excluding tert-OH is 1. The Bertz CT molecular complexity index is 551. The average Bonchev–Trinajstić information content (AvgIpc) is 2.82. The molecule has 0 bridgehead atoms. The van der Waals surface area contributed by atoms with Crippen molar-refractivity contribution in [1.82, 2.24) is 10.6 Å². The molecule has 0 aromatic heterocycles. The van der Waals surface area contributed by atoms with Crippen LogP contribution < -0.4 is 10.6 Å². The van der Waals surface area contributed by atoms with Gasteiger partial charge in [-0.3, -0.25) is 4.79 Å². The highest BCUT2D eigenvalue weighted by Crippen LogP contribution is 2.32. The van der Waals surface area contributed by atoms with E-state index in [1.165, 1.54) is 6.07 Å². The highest BCUT2D eigenvalue weighted by molar-refractivity contribution is 6.31. The second-order valence-electron chi connectivity index (χ2n) is 5.27. The Morgan fingerprint density at radius 2 is 2.14 bits per heavy atom. The fraction of sp³-hybridized carbons (Fsp3) is 0.500. The summed E-state index contributed by atoms with van der Waals surface area (Å²) < 4.78 is 37.6. The zero-order chi connectivity index (χ0) is 16.3. The molecule has 1 aromatic rings. The predicted molar refractivity (Wildman–Crippen MR) is 75.3 cm³/mol. The van der Waals surface area contributed by atoms with E-state index in [2.05, 4.69) is 10.6 Å². The zero-order valence-corrected chi connectivity index (χ0v) is 12.3. The van der Waals surface area contributed by atoms with Gasteiger partial charge in [0.15, 0.2) is 0 Å². The van der Waals surface area contributed by atoms with Gasteiger partial charge in [0.05, 0.1) is 11.7 Å². The van der Waals surface area contributed by atoms with E-state index in [-0.39, 0.29) is 29.8 Å². The topological polar surface area (TPSA) is 61.4 Å². The fourth-order valence-electron chi connectivity index (χ4n) is 2.30. The van der Waals surface area contributed by atoms with E-state index in [0.717, 1.165) is 12.1 Å². The maximum atomic E-state index is 12.5. The summed E-state index contributed by atoms with van der Waals surface area (Å²) in [4.78, 5) is 11.8. The Balaban J connectivity index is 1.90.